The molecule has 0 aliphatic carbocycles. The van der Waals surface area contributed by atoms with E-state index < -0.39 is 18.1 Å². The number of esters is 1. The molecule has 0 radical (unpaired) electrons. The molecule has 0 aromatic heterocycles. The number of benzene rings is 3. The molecule has 3 N–H and O–H groups in total. The molecule has 1 atom stereocenters. The fourth-order valence-corrected chi connectivity index (χ4v) is 3.64. The number of hydrogen-bond acceptors (Lipinski definition) is 6. The first kappa shape index (κ1) is 26.7. The number of amides is 2. The zero-order valence-corrected chi connectivity index (χ0v) is 20.6. The molecule has 0 spiro atoms. The normalized spacial score (nSPS) is 11.3. The summed E-state index contributed by atoms with van der Waals surface area (Å²) < 4.78 is 9.91. The van der Waals surface area contributed by atoms with Crippen molar-refractivity contribution < 1.29 is 23.9 Å². The van der Waals surface area contributed by atoms with Gasteiger partial charge in [-0.1, -0.05) is 72.3 Å². The van der Waals surface area contributed by atoms with E-state index in [4.69, 9.17) is 21.1 Å². The first-order valence-corrected chi connectivity index (χ1v) is 11.7. The Labute approximate surface area is 214 Å². The summed E-state index contributed by atoms with van der Waals surface area (Å²) in [6, 6.07) is 23.4. The zero-order chi connectivity index (χ0) is 25.8. The van der Waals surface area contributed by atoms with Crippen LogP contribution in [0.4, 0.5) is 10.5 Å². The van der Waals surface area contributed by atoms with Gasteiger partial charge < -0.3 is 20.1 Å². The Balaban J connectivity index is 1.62. The molecule has 9 heteroatoms. The fourth-order valence-electron chi connectivity index (χ4n) is 3.46. The Morgan fingerprint density at radius 2 is 1.64 bits per heavy atom. The average molecular weight is 510 g/mol. The molecule has 3 aromatic carbocycles. The molecule has 36 heavy (non-hydrogen) atoms. The van der Waals surface area contributed by atoms with Gasteiger partial charge in [0.05, 0.1) is 19.7 Å². The van der Waals surface area contributed by atoms with Crippen molar-refractivity contribution in [3.63, 3.8) is 0 Å². The van der Waals surface area contributed by atoms with Gasteiger partial charge in [-0.3, -0.25) is 14.9 Å². The van der Waals surface area contributed by atoms with E-state index in [9.17, 15) is 14.4 Å². The standard InChI is InChI=1S/C27H28ClN3O5/c1-35-25(33)17-30-26(20-10-6-3-7-11-20)22-16-21(28)12-13-23(22)31-24(32)14-15-29-27(34)36-18-19-8-4-2-5-9-19/h2-13,16,26,30H,14-15,17-18H2,1H3,(H,29,34)(H,31,32)/t26-/m0/s1. The van der Waals surface area contributed by atoms with E-state index in [2.05, 4.69) is 16.0 Å². The van der Waals surface area contributed by atoms with Crippen LogP contribution in [-0.4, -0.2) is 38.2 Å². The second kappa shape index (κ2) is 13.9. The number of halogens is 1. The third kappa shape index (κ3) is 8.41. The molecule has 0 aliphatic heterocycles. The molecule has 0 heterocycles. The molecule has 3 aromatic rings. The summed E-state index contributed by atoms with van der Waals surface area (Å²) in [5.74, 6) is -0.726. The Morgan fingerprint density at radius 3 is 2.33 bits per heavy atom. The van der Waals surface area contributed by atoms with E-state index in [0.717, 1.165) is 11.1 Å². The highest BCUT2D eigenvalue weighted by molar-refractivity contribution is 6.30. The maximum absolute atomic E-state index is 12.7. The van der Waals surface area contributed by atoms with Crippen LogP contribution in [0.15, 0.2) is 78.9 Å². The van der Waals surface area contributed by atoms with Crippen molar-refractivity contribution in [2.45, 2.75) is 19.1 Å². The van der Waals surface area contributed by atoms with Gasteiger partial charge in [0.25, 0.3) is 0 Å². The van der Waals surface area contributed by atoms with Gasteiger partial charge in [0.15, 0.2) is 0 Å². The maximum Gasteiger partial charge on any atom is 0.407 e. The van der Waals surface area contributed by atoms with Crippen molar-refractivity contribution >= 4 is 35.3 Å². The SMILES string of the molecule is COC(=O)CN[C@@H](c1ccccc1)c1cc(Cl)ccc1NC(=O)CCNC(=O)OCc1ccccc1. The molecule has 8 nitrogen and oxygen atoms in total. The van der Waals surface area contributed by atoms with E-state index in [-0.39, 0.29) is 32.0 Å². The van der Waals surface area contributed by atoms with E-state index in [0.29, 0.717) is 16.3 Å². The van der Waals surface area contributed by atoms with Crippen LogP contribution in [0.3, 0.4) is 0 Å². The van der Waals surface area contributed by atoms with Crippen LogP contribution in [0.1, 0.15) is 29.2 Å². The monoisotopic (exact) mass is 509 g/mol. The molecule has 0 saturated carbocycles. The quantitative estimate of drug-likeness (QED) is 0.330. The van der Waals surface area contributed by atoms with Gasteiger partial charge in [-0.05, 0) is 34.9 Å². The highest BCUT2D eigenvalue weighted by Crippen LogP contribution is 2.31. The maximum atomic E-state index is 12.7. The minimum absolute atomic E-state index is 0.0358. The third-order valence-electron chi connectivity index (χ3n) is 5.24. The molecule has 2 amide bonds. The lowest BCUT2D eigenvalue weighted by molar-refractivity contribution is -0.139. The molecule has 0 aliphatic rings. The smallest absolute Gasteiger partial charge is 0.407 e. The molecular formula is C27H28ClN3O5. The Bertz CT molecular complexity index is 1160. The van der Waals surface area contributed by atoms with Crippen molar-refractivity contribution in [2.24, 2.45) is 0 Å². The number of methoxy groups -OCH3 is 1. The van der Waals surface area contributed by atoms with E-state index >= 15 is 0 Å². The van der Waals surface area contributed by atoms with Crippen molar-refractivity contribution in [3.8, 4) is 0 Å². The number of alkyl carbamates (subject to hydrolysis) is 1. The highest BCUT2D eigenvalue weighted by atomic mass is 35.5. The first-order valence-electron chi connectivity index (χ1n) is 11.3. The van der Waals surface area contributed by atoms with E-state index in [1.165, 1.54) is 7.11 Å². The van der Waals surface area contributed by atoms with E-state index in [1.807, 2.05) is 60.7 Å². The summed E-state index contributed by atoms with van der Waals surface area (Å²) in [7, 11) is 1.32. The van der Waals surface area contributed by atoms with Gasteiger partial charge in [0.2, 0.25) is 5.91 Å². The number of anilines is 1. The molecular weight excluding hydrogens is 482 g/mol. The lowest BCUT2D eigenvalue weighted by Crippen LogP contribution is -2.30. The molecule has 0 unspecified atom stereocenters. The molecule has 0 fully saturated rings. The van der Waals surface area contributed by atoms with Crippen LogP contribution in [-0.2, 0) is 25.7 Å². The van der Waals surface area contributed by atoms with Crippen LogP contribution in [0, 0.1) is 0 Å². The van der Waals surface area contributed by atoms with Crippen molar-refractivity contribution in [3.05, 3.63) is 101 Å². The van der Waals surface area contributed by atoms with Gasteiger partial charge in [-0.15, -0.1) is 0 Å². The summed E-state index contributed by atoms with van der Waals surface area (Å²) in [5, 5.41) is 9.10. The van der Waals surface area contributed by atoms with Crippen LogP contribution >= 0.6 is 11.6 Å². The van der Waals surface area contributed by atoms with Gasteiger partial charge in [-0.25, -0.2) is 4.79 Å². The van der Waals surface area contributed by atoms with Crippen LogP contribution in [0.25, 0.3) is 0 Å². The highest BCUT2D eigenvalue weighted by Gasteiger charge is 2.20. The number of hydrogen-bond donors (Lipinski definition) is 3. The summed E-state index contributed by atoms with van der Waals surface area (Å²) in [4.78, 5) is 36.4. The number of carbonyl (C=O) groups is 3. The summed E-state index contributed by atoms with van der Waals surface area (Å²) in [6.45, 7) is 0.211. The van der Waals surface area contributed by atoms with Crippen LogP contribution in [0.2, 0.25) is 5.02 Å². The topological polar surface area (TPSA) is 106 Å². The fraction of sp³-hybridized carbons (Fsp3) is 0.222. The minimum atomic E-state index is -0.602. The number of nitrogens with one attached hydrogen (secondary N) is 3. The van der Waals surface area contributed by atoms with Crippen molar-refractivity contribution in [2.75, 3.05) is 25.5 Å². The molecule has 3 rings (SSSR count). The Kier molecular flexibility index (Phi) is 10.3. The zero-order valence-electron chi connectivity index (χ0n) is 19.8. The lowest BCUT2D eigenvalue weighted by atomic mass is 9.97. The Morgan fingerprint density at radius 1 is 0.944 bits per heavy atom. The van der Waals surface area contributed by atoms with Gasteiger partial charge >= 0.3 is 12.1 Å². The molecule has 0 bridgehead atoms. The van der Waals surface area contributed by atoms with Crippen molar-refractivity contribution in [1.29, 1.82) is 0 Å². The summed E-state index contributed by atoms with van der Waals surface area (Å²) in [5.41, 5.74) is 2.96. The number of carbonyl (C=O) groups excluding carboxylic acids is 3. The summed E-state index contributed by atoms with van der Waals surface area (Å²) in [6.07, 6.45) is -0.566. The van der Waals surface area contributed by atoms with Crippen LogP contribution < -0.4 is 16.0 Å². The number of rotatable bonds is 11. The van der Waals surface area contributed by atoms with Crippen molar-refractivity contribution in [1.82, 2.24) is 10.6 Å². The van der Waals surface area contributed by atoms with Gasteiger partial charge in [0, 0.05) is 23.7 Å². The largest absolute Gasteiger partial charge is 0.468 e. The lowest BCUT2D eigenvalue weighted by Gasteiger charge is -2.23. The van der Waals surface area contributed by atoms with Crippen LogP contribution in [0.5, 0.6) is 0 Å². The molecule has 188 valence electrons. The van der Waals surface area contributed by atoms with Gasteiger partial charge in [0.1, 0.15) is 6.61 Å². The third-order valence-corrected chi connectivity index (χ3v) is 5.48. The second-order valence-electron chi connectivity index (χ2n) is 7.82. The predicted molar refractivity (Wildman–Crippen MR) is 138 cm³/mol. The van der Waals surface area contributed by atoms with E-state index in [1.54, 1.807) is 18.2 Å². The first-order chi connectivity index (χ1) is 17.5. The second-order valence-corrected chi connectivity index (χ2v) is 8.26. The molecule has 0 saturated heterocycles. The number of ether oxygens (including phenoxy) is 2. The average Bonchev–Trinajstić information content (AvgIpc) is 2.90. The Hall–Kier alpha value is -3.88. The predicted octanol–water partition coefficient (Wildman–Crippen LogP) is 4.45. The van der Waals surface area contributed by atoms with Gasteiger partial charge in [-0.2, -0.15) is 0 Å². The summed E-state index contributed by atoms with van der Waals surface area (Å²) >= 11 is 6.27. The minimum Gasteiger partial charge on any atom is -0.468 e.